The summed E-state index contributed by atoms with van der Waals surface area (Å²) in [7, 11) is 0. The predicted molar refractivity (Wildman–Crippen MR) is 103 cm³/mol. The summed E-state index contributed by atoms with van der Waals surface area (Å²) >= 11 is 3.38. The fourth-order valence-corrected chi connectivity index (χ4v) is 3.41. The van der Waals surface area contributed by atoms with E-state index in [-0.39, 0.29) is 12.5 Å². The summed E-state index contributed by atoms with van der Waals surface area (Å²) in [6.45, 7) is 3.98. The van der Waals surface area contributed by atoms with Crippen LogP contribution in [0.15, 0.2) is 47.2 Å². The third-order valence-electron chi connectivity index (χ3n) is 4.30. The highest BCUT2D eigenvalue weighted by Gasteiger charge is 2.17. The van der Waals surface area contributed by atoms with Gasteiger partial charge in [0.25, 0.3) is 0 Å². The van der Waals surface area contributed by atoms with Gasteiger partial charge >= 0.3 is 5.97 Å². The number of hydrogen-bond donors (Lipinski definition) is 1. The molecular weight excluding hydrogens is 396 g/mol. The summed E-state index contributed by atoms with van der Waals surface area (Å²) in [6.07, 6.45) is 3.17. The van der Waals surface area contributed by atoms with Crippen LogP contribution in [-0.2, 0) is 16.1 Å². The van der Waals surface area contributed by atoms with Crippen LogP contribution in [0.2, 0.25) is 0 Å². The number of para-hydroxylation sites is 1. The first-order valence-electron chi connectivity index (χ1n) is 8.26. The molecule has 0 aliphatic heterocycles. The molecule has 0 unspecified atom stereocenters. The molecule has 3 heterocycles. The summed E-state index contributed by atoms with van der Waals surface area (Å²) < 4.78 is 8.34. The molecule has 0 spiro atoms. The summed E-state index contributed by atoms with van der Waals surface area (Å²) in [5.74, 6) is 0.264. The molecule has 6 nitrogen and oxygen atoms in total. The molecule has 7 heteroatoms. The molecule has 26 heavy (non-hydrogen) atoms. The fourth-order valence-electron chi connectivity index (χ4n) is 3.08. The highest BCUT2D eigenvalue weighted by atomic mass is 79.9. The van der Waals surface area contributed by atoms with Gasteiger partial charge in [-0.25, -0.2) is 9.97 Å². The maximum absolute atomic E-state index is 12.4. The number of aryl methyl sites for hydroxylation is 1. The summed E-state index contributed by atoms with van der Waals surface area (Å²) in [5, 5.41) is 1.14. The molecule has 4 rings (SSSR count). The minimum absolute atomic E-state index is 0.155. The number of aromatic amines is 1. The highest BCUT2D eigenvalue weighted by Crippen LogP contribution is 2.22. The monoisotopic (exact) mass is 412 g/mol. The van der Waals surface area contributed by atoms with Crippen LogP contribution in [0.25, 0.3) is 22.1 Å². The Kier molecular flexibility index (Phi) is 4.24. The zero-order chi connectivity index (χ0) is 18.3. The van der Waals surface area contributed by atoms with Gasteiger partial charge < -0.3 is 14.3 Å². The average molecular weight is 413 g/mol. The molecule has 3 aromatic heterocycles. The first-order chi connectivity index (χ1) is 12.5. The molecule has 0 aliphatic carbocycles. The third-order valence-corrected chi connectivity index (χ3v) is 4.74. The second-order valence-corrected chi connectivity index (χ2v) is 7.15. The van der Waals surface area contributed by atoms with E-state index in [1.54, 1.807) is 13.1 Å². The van der Waals surface area contributed by atoms with E-state index >= 15 is 0 Å². The largest absolute Gasteiger partial charge is 0.453 e. The Morgan fingerprint density at radius 3 is 3.04 bits per heavy atom. The summed E-state index contributed by atoms with van der Waals surface area (Å²) in [5.41, 5.74) is 3.55. The number of esters is 1. The normalized spacial score (nSPS) is 12.6. The highest BCUT2D eigenvalue weighted by molar-refractivity contribution is 9.10. The number of fused-ring (bicyclic) bond motifs is 2. The zero-order valence-corrected chi connectivity index (χ0v) is 15.9. The first kappa shape index (κ1) is 16.8. The quantitative estimate of drug-likeness (QED) is 0.507. The Hall–Kier alpha value is -2.67. The van der Waals surface area contributed by atoms with Crippen molar-refractivity contribution in [2.24, 2.45) is 0 Å². The Labute approximate surface area is 158 Å². The number of ether oxygens (including phenoxy) is 1. The number of aromatic nitrogens is 4. The summed E-state index contributed by atoms with van der Waals surface area (Å²) in [4.78, 5) is 24.2. The van der Waals surface area contributed by atoms with Crippen molar-refractivity contribution in [3.05, 3.63) is 58.6 Å². The Balaban J connectivity index is 1.51. The van der Waals surface area contributed by atoms with E-state index in [0.717, 1.165) is 26.5 Å². The van der Waals surface area contributed by atoms with E-state index in [0.29, 0.717) is 11.5 Å². The number of benzene rings is 1. The van der Waals surface area contributed by atoms with Crippen LogP contribution in [0.5, 0.6) is 0 Å². The maximum Gasteiger partial charge on any atom is 0.326 e. The standard InChI is InChI=1S/C19H17BrN4O2/c1-11-9-24(16-6-4-3-5-14(11)16)10-17(25)26-12(2)18-22-15-7-13(20)8-21-19(15)23-18/h3-9,12H,10H2,1-2H3,(H,21,22,23)/t12-/m0/s1. The van der Waals surface area contributed by atoms with Gasteiger partial charge in [-0.05, 0) is 47.5 Å². The van der Waals surface area contributed by atoms with Crippen LogP contribution in [0.1, 0.15) is 24.4 Å². The first-order valence-corrected chi connectivity index (χ1v) is 9.05. The maximum atomic E-state index is 12.4. The lowest BCUT2D eigenvalue weighted by molar-refractivity contribution is -0.149. The van der Waals surface area contributed by atoms with E-state index in [1.165, 1.54) is 0 Å². The lowest BCUT2D eigenvalue weighted by Crippen LogP contribution is -2.15. The second-order valence-electron chi connectivity index (χ2n) is 6.24. The molecule has 0 saturated carbocycles. The molecule has 1 atom stereocenters. The van der Waals surface area contributed by atoms with Crippen molar-refractivity contribution in [2.45, 2.75) is 26.5 Å². The smallest absolute Gasteiger partial charge is 0.326 e. The molecule has 4 aromatic rings. The minimum Gasteiger partial charge on any atom is -0.453 e. The Morgan fingerprint density at radius 2 is 2.19 bits per heavy atom. The van der Waals surface area contributed by atoms with Crippen LogP contribution in [0, 0.1) is 6.92 Å². The average Bonchev–Trinajstić information content (AvgIpc) is 3.16. The van der Waals surface area contributed by atoms with Crippen molar-refractivity contribution in [3.63, 3.8) is 0 Å². The molecule has 132 valence electrons. The number of hydrogen-bond acceptors (Lipinski definition) is 4. The van der Waals surface area contributed by atoms with Gasteiger partial charge in [0.1, 0.15) is 12.4 Å². The number of nitrogens with one attached hydrogen (secondary N) is 1. The van der Waals surface area contributed by atoms with Crippen molar-refractivity contribution in [1.82, 2.24) is 19.5 Å². The number of halogens is 1. The molecule has 0 fully saturated rings. The lowest BCUT2D eigenvalue weighted by atomic mass is 10.2. The number of carbonyl (C=O) groups excluding carboxylic acids is 1. The van der Waals surface area contributed by atoms with Crippen molar-refractivity contribution in [3.8, 4) is 0 Å². The van der Waals surface area contributed by atoms with Crippen LogP contribution >= 0.6 is 15.9 Å². The number of carbonyl (C=O) groups is 1. The van der Waals surface area contributed by atoms with E-state index in [1.807, 2.05) is 42.0 Å². The van der Waals surface area contributed by atoms with Crippen molar-refractivity contribution >= 4 is 44.0 Å². The van der Waals surface area contributed by atoms with Gasteiger partial charge in [-0.3, -0.25) is 4.79 Å². The number of H-pyrrole nitrogens is 1. The lowest BCUT2D eigenvalue weighted by Gasteiger charge is -2.11. The van der Waals surface area contributed by atoms with Gasteiger partial charge in [-0.2, -0.15) is 0 Å². The number of imidazole rings is 1. The van der Waals surface area contributed by atoms with Gasteiger partial charge in [0.05, 0.1) is 5.52 Å². The van der Waals surface area contributed by atoms with Gasteiger partial charge in [-0.15, -0.1) is 0 Å². The SMILES string of the molecule is Cc1cn(CC(=O)O[C@@H](C)c2nc3ncc(Br)cc3[nH]2)c2ccccc12. The van der Waals surface area contributed by atoms with E-state index in [2.05, 4.69) is 36.9 Å². The predicted octanol–water partition coefficient (Wildman–Crippen LogP) is 4.29. The molecule has 0 saturated heterocycles. The van der Waals surface area contributed by atoms with Crippen LogP contribution in [-0.4, -0.2) is 25.5 Å². The number of rotatable bonds is 4. The van der Waals surface area contributed by atoms with Gasteiger partial charge in [0, 0.05) is 27.8 Å². The zero-order valence-electron chi connectivity index (χ0n) is 14.4. The van der Waals surface area contributed by atoms with Crippen molar-refractivity contribution in [1.29, 1.82) is 0 Å². The van der Waals surface area contributed by atoms with E-state index in [4.69, 9.17) is 4.74 Å². The van der Waals surface area contributed by atoms with Crippen molar-refractivity contribution in [2.75, 3.05) is 0 Å². The van der Waals surface area contributed by atoms with Gasteiger partial charge in [0.2, 0.25) is 0 Å². The Bertz CT molecular complexity index is 1120. The fraction of sp³-hybridized carbons (Fsp3) is 0.211. The number of nitrogens with zero attached hydrogens (tertiary/aromatic N) is 3. The minimum atomic E-state index is -0.488. The van der Waals surface area contributed by atoms with Crippen LogP contribution in [0.4, 0.5) is 0 Å². The number of pyridine rings is 1. The summed E-state index contributed by atoms with van der Waals surface area (Å²) in [6, 6.07) is 9.90. The molecular formula is C19H17BrN4O2. The van der Waals surface area contributed by atoms with Crippen molar-refractivity contribution < 1.29 is 9.53 Å². The molecule has 0 amide bonds. The molecule has 1 N–H and O–H groups in total. The van der Waals surface area contributed by atoms with E-state index in [9.17, 15) is 4.79 Å². The van der Waals surface area contributed by atoms with Gasteiger partial charge in [-0.1, -0.05) is 18.2 Å². The molecule has 0 aliphatic rings. The van der Waals surface area contributed by atoms with E-state index < -0.39 is 6.10 Å². The van der Waals surface area contributed by atoms with Gasteiger partial charge in [0.15, 0.2) is 11.8 Å². The topological polar surface area (TPSA) is 72.8 Å². The van der Waals surface area contributed by atoms with Crippen LogP contribution in [0.3, 0.4) is 0 Å². The van der Waals surface area contributed by atoms with Crippen LogP contribution < -0.4 is 0 Å². The molecule has 0 radical (unpaired) electrons. The Morgan fingerprint density at radius 1 is 1.38 bits per heavy atom. The second kappa shape index (κ2) is 6.57. The third kappa shape index (κ3) is 3.10. The molecule has 0 bridgehead atoms. The molecule has 1 aromatic carbocycles.